The Hall–Kier alpha value is -4.46. The monoisotopic (exact) mass is 579 g/mol. The van der Waals surface area contributed by atoms with Crippen molar-refractivity contribution >= 4 is 17.8 Å². The number of nitrogens with one attached hydrogen (secondary N) is 2. The predicted molar refractivity (Wildman–Crippen MR) is 141 cm³/mol. The summed E-state index contributed by atoms with van der Waals surface area (Å²) in [5.41, 5.74) is 4.37. The third kappa shape index (κ3) is 8.51. The first-order valence-electron chi connectivity index (χ1n) is 12.3. The van der Waals surface area contributed by atoms with Gasteiger partial charge in [0.15, 0.2) is 18.2 Å². The first kappa shape index (κ1) is 31.1. The summed E-state index contributed by atoms with van der Waals surface area (Å²) in [4.78, 5) is 44.4. The Bertz CT molecular complexity index is 1410. The van der Waals surface area contributed by atoms with Gasteiger partial charge < -0.3 is 29.9 Å². The van der Waals surface area contributed by atoms with Gasteiger partial charge in [0, 0.05) is 61.8 Å². The molecule has 1 aromatic carbocycles. The Morgan fingerprint density at radius 1 is 1.07 bits per heavy atom. The van der Waals surface area contributed by atoms with Gasteiger partial charge in [-0.05, 0) is 50.5 Å². The molecule has 0 bridgehead atoms. The van der Waals surface area contributed by atoms with Gasteiger partial charge in [-0.15, -0.1) is 0 Å². The molecule has 3 aromatic rings. The second-order valence-electron chi connectivity index (χ2n) is 9.37. The highest BCUT2D eigenvalue weighted by Crippen LogP contribution is 2.29. The van der Waals surface area contributed by atoms with E-state index >= 15 is 0 Å². The highest BCUT2D eigenvalue weighted by molar-refractivity contribution is 5.97. The molecule has 2 amide bonds. The van der Waals surface area contributed by atoms with Crippen molar-refractivity contribution in [3.8, 4) is 28.3 Å². The van der Waals surface area contributed by atoms with Crippen molar-refractivity contribution in [3.63, 3.8) is 0 Å². The van der Waals surface area contributed by atoms with Crippen LogP contribution in [0.4, 0.5) is 17.6 Å². The minimum Gasteiger partial charge on any atom is -0.481 e. The number of rotatable bonds is 8. The zero-order chi connectivity index (χ0) is 30.3. The zero-order valence-electron chi connectivity index (χ0n) is 22.5. The Morgan fingerprint density at radius 3 is 2.39 bits per heavy atom. The van der Waals surface area contributed by atoms with Gasteiger partial charge in [0.25, 0.3) is 11.8 Å². The summed E-state index contributed by atoms with van der Waals surface area (Å²) in [7, 11) is 5.56. The maximum atomic E-state index is 14.7. The minimum absolute atomic E-state index is 0.0114. The molecule has 14 heteroatoms. The van der Waals surface area contributed by atoms with Crippen molar-refractivity contribution in [1.29, 1.82) is 0 Å². The Balaban J connectivity index is 0.000000587. The molecule has 0 saturated carbocycles. The summed E-state index contributed by atoms with van der Waals surface area (Å²) in [6, 6.07) is 10.1. The smallest absolute Gasteiger partial charge is 0.481 e. The zero-order valence-corrected chi connectivity index (χ0v) is 22.5. The van der Waals surface area contributed by atoms with Crippen LogP contribution in [0, 0.1) is 5.82 Å². The van der Waals surface area contributed by atoms with E-state index in [9.17, 15) is 27.2 Å². The molecule has 0 fully saturated rings. The maximum Gasteiger partial charge on any atom is 0.490 e. The molecule has 2 aromatic heterocycles. The second kappa shape index (κ2) is 13.3. The molecule has 0 atom stereocenters. The maximum absolute atomic E-state index is 14.7. The number of carboxylic acids is 1. The average Bonchev–Trinajstić information content (AvgIpc) is 3.36. The van der Waals surface area contributed by atoms with Crippen molar-refractivity contribution in [2.24, 2.45) is 0 Å². The number of fused-ring (bicyclic) bond motifs is 1. The molecule has 3 heterocycles. The number of aromatic amines is 1. The van der Waals surface area contributed by atoms with Crippen LogP contribution in [0.15, 0.2) is 42.6 Å². The van der Waals surface area contributed by atoms with Crippen LogP contribution >= 0.6 is 0 Å². The fourth-order valence-electron chi connectivity index (χ4n) is 3.71. The number of hydrogen-bond acceptors (Lipinski definition) is 6. The Labute approximate surface area is 232 Å². The predicted octanol–water partition coefficient (Wildman–Crippen LogP) is 3.20. The lowest BCUT2D eigenvalue weighted by molar-refractivity contribution is -0.192. The lowest BCUT2D eigenvalue weighted by Crippen LogP contribution is -2.36. The number of pyridine rings is 1. The minimum atomic E-state index is -5.08. The number of halogens is 4. The Morgan fingerprint density at radius 2 is 1.78 bits per heavy atom. The fourth-order valence-corrected chi connectivity index (χ4v) is 3.71. The number of hydrogen-bond donors (Lipinski definition) is 3. The lowest BCUT2D eigenvalue weighted by atomic mass is 10.1. The number of ether oxygens (including phenoxy) is 1. The van der Waals surface area contributed by atoms with E-state index in [-0.39, 0.29) is 24.2 Å². The van der Waals surface area contributed by atoms with Gasteiger partial charge in [-0.25, -0.2) is 9.18 Å². The van der Waals surface area contributed by atoms with E-state index in [0.717, 1.165) is 29.9 Å². The van der Waals surface area contributed by atoms with E-state index in [1.165, 1.54) is 12.1 Å². The third-order valence-electron chi connectivity index (χ3n) is 6.01. The number of benzene rings is 1. The molecule has 0 unspecified atom stereocenters. The molecule has 0 saturated heterocycles. The van der Waals surface area contributed by atoms with Gasteiger partial charge in [-0.2, -0.15) is 13.2 Å². The van der Waals surface area contributed by atoms with Crippen LogP contribution in [0.25, 0.3) is 22.5 Å². The van der Waals surface area contributed by atoms with Gasteiger partial charge in [0.2, 0.25) is 0 Å². The molecule has 220 valence electrons. The number of carbonyl (C=O) groups is 3. The van der Waals surface area contributed by atoms with E-state index in [0.29, 0.717) is 29.9 Å². The van der Waals surface area contributed by atoms with Crippen molar-refractivity contribution in [2.75, 3.05) is 47.4 Å². The first-order chi connectivity index (χ1) is 19.3. The lowest BCUT2D eigenvalue weighted by Gasteiger charge is -2.19. The van der Waals surface area contributed by atoms with Crippen LogP contribution < -0.4 is 10.1 Å². The summed E-state index contributed by atoms with van der Waals surface area (Å²) < 4.78 is 51.9. The van der Waals surface area contributed by atoms with Crippen LogP contribution in [-0.2, 0) is 16.0 Å². The van der Waals surface area contributed by atoms with Crippen molar-refractivity contribution in [1.82, 2.24) is 25.1 Å². The number of amides is 2. The van der Waals surface area contributed by atoms with Crippen molar-refractivity contribution in [3.05, 3.63) is 59.7 Å². The normalized spacial score (nSPS) is 12.6. The highest BCUT2D eigenvalue weighted by Gasteiger charge is 2.38. The summed E-state index contributed by atoms with van der Waals surface area (Å²) in [6.07, 6.45) is -2.69. The van der Waals surface area contributed by atoms with E-state index in [1.807, 2.05) is 37.2 Å². The topological polar surface area (TPSA) is 128 Å². The number of aliphatic carboxylic acids is 1. The number of H-pyrrole nitrogens is 1. The molecule has 0 aliphatic carbocycles. The van der Waals surface area contributed by atoms with Crippen LogP contribution in [0.5, 0.6) is 5.75 Å². The Kier molecular flexibility index (Phi) is 10.1. The molecule has 0 radical (unpaired) electrons. The van der Waals surface area contributed by atoms with Gasteiger partial charge in [-0.1, -0.05) is 0 Å². The molecule has 3 N–H and O–H groups in total. The van der Waals surface area contributed by atoms with Crippen molar-refractivity contribution < 1.29 is 41.8 Å². The number of nitrogens with zero attached hydrogens (tertiary/aromatic N) is 3. The average molecular weight is 580 g/mol. The van der Waals surface area contributed by atoms with E-state index < -0.39 is 18.0 Å². The van der Waals surface area contributed by atoms with Crippen LogP contribution in [0.2, 0.25) is 0 Å². The quantitative estimate of drug-likeness (QED) is 0.350. The van der Waals surface area contributed by atoms with Crippen molar-refractivity contribution in [2.45, 2.75) is 12.6 Å². The molecule has 41 heavy (non-hydrogen) atoms. The summed E-state index contributed by atoms with van der Waals surface area (Å²) >= 11 is 0. The van der Waals surface area contributed by atoms with Gasteiger partial charge in [-0.3, -0.25) is 14.6 Å². The largest absolute Gasteiger partial charge is 0.490 e. The van der Waals surface area contributed by atoms with E-state index in [1.54, 1.807) is 24.2 Å². The molecular weight excluding hydrogens is 550 g/mol. The standard InChI is InChI=1S/C25H28FN5O3.C2HF3O2/c1-30(2)10-11-31(3)24(32)15-34-23-5-4-16(12-19(23)26)21-13-17(6-8-27-21)22-14-18-20(29-22)7-9-28-25(18)33;3-2(4,5)1(6)7/h4-6,8,12-14,29H,7,9-11,15H2,1-3H3,(H,28,33);(H,6,7). The number of carbonyl (C=O) groups excluding carboxylic acids is 2. The number of aromatic nitrogens is 2. The van der Waals surface area contributed by atoms with Crippen LogP contribution in [0.3, 0.4) is 0 Å². The first-order valence-corrected chi connectivity index (χ1v) is 12.3. The summed E-state index contributed by atoms with van der Waals surface area (Å²) in [5, 5.41) is 9.96. The van der Waals surface area contributed by atoms with Gasteiger partial charge in [0.1, 0.15) is 0 Å². The second-order valence-corrected chi connectivity index (χ2v) is 9.37. The number of alkyl halides is 3. The van der Waals surface area contributed by atoms with E-state index in [4.69, 9.17) is 14.6 Å². The molecule has 1 aliphatic heterocycles. The molecule has 10 nitrogen and oxygen atoms in total. The van der Waals surface area contributed by atoms with Gasteiger partial charge >= 0.3 is 12.1 Å². The number of carboxylic acid groups (broad SMARTS) is 1. The fraction of sp³-hybridized carbons (Fsp3) is 0.333. The van der Waals surface area contributed by atoms with Crippen LogP contribution in [-0.4, -0.2) is 96.2 Å². The molecule has 0 spiro atoms. The van der Waals surface area contributed by atoms with Crippen LogP contribution in [0.1, 0.15) is 16.1 Å². The molecule has 4 rings (SSSR count). The van der Waals surface area contributed by atoms with Gasteiger partial charge in [0.05, 0.1) is 11.3 Å². The third-order valence-corrected chi connectivity index (χ3v) is 6.01. The SMILES string of the molecule is CN(C)CCN(C)C(=O)COc1ccc(-c2cc(-c3cc4c([nH]3)CCNC4=O)ccn2)cc1F.O=C(O)C(F)(F)F. The molecule has 1 aliphatic rings. The van der Waals surface area contributed by atoms with E-state index in [2.05, 4.69) is 15.3 Å². The molecular formula is C27H29F4N5O5. The number of likely N-dealkylation sites (N-methyl/N-ethyl adjacent to an activating group) is 2. The summed E-state index contributed by atoms with van der Waals surface area (Å²) in [6.45, 7) is 1.67. The highest BCUT2D eigenvalue weighted by atomic mass is 19.4. The summed E-state index contributed by atoms with van der Waals surface area (Å²) in [5.74, 6) is -3.62.